The third kappa shape index (κ3) is 2.88. The lowest BCUT2D eigenvalue weighted by Gasteiger charge is -2.32. The summed E-state index contributed by atoms with van der Waals surface area (Å²) in [6, 6.07) is 4.16. The van der Waals surface area contributed by atoms with Crippen LogP contribution in [0.15, 0.2) is 18.2 Å². The molecule has 1 fully saturated rings. The van der Waals surface area contributed by atoms with Gasteiger partial charge in [0.2, 0.25) is 0 Å². The normalized spacial score (nSPS) is 15.8. The molecule has 20 heavy (non-hydrogen) atoms. The van der Waals surface area contributed by atoms with Gasteiger partial charge in [-0.15, -0.1) is 0 Å². The van der Waals surface area contributed by atoms with Gasteiger partial charge >= 0.3 is 5.97 Å². The molecule has 7 nitrogen and oxygen atoms in total. The topological polar surface area (TPSA) is 92.9 Å². The third-order valence-corrected chi connectivity index (χ3v) is 3.54. The number of carboxylic acid groups (broad SMARTS) is 1. The summed E-state index contributed by atoms with van der Waals surface area (Å²) in [5, 5.41) is 20.1. The molecular formula is C13H16N2O5. The van der Waals surface area contributed by atoms with Gasteiger partial charge in [-0.1, -0.05) is 0 Å². The van der Waals surface area contributed by atoms with E-state index in [0.29, 0.717) is 18.9 Å². The van der Waals surface area contributed by atoms with Gasteiger partial charge < -0.3 is 14.7 Å². The Balaban J connectivity index is 2.34. The van der Waals surface area contributed by atoms with E-state index in [4.69, 9.17) is 9.84 Å². The summed E-state index contributed by atoms with van der Waals surface area (Å²) in [6.07, 6.45) is 1.60. The van der Waals surface area contributed by atoms with Crippen molar-refractivity contribution in [2.24, 2.45) is 0 Å². The minimum Gasteiger partial charge on any atom is -0.478 e. The molecule has 1 heterocycles. The van der Waals surface area contributed by atoms with Crippen LogP contribution in [0.4, 0.5) is 11.4 Å². The average molecular weight is 280 g/mol. The molecule has 0 bridgehead atoms. The van der Waals surface area contributed by atoms with Crippen LogP contribution in [-0.4, -0.2) is 42.3 Å². The quantitative estimate of drug-likeness (QED) is 0.669. The maximum atomic E-state index is 11.1. The lowest BCUT2D eigenvalue weighted by atomic mass is 10.1. The predicted molar refractivity (Wildman–Crippen MR) is 72.3 cm³/mol. The van der Waals surface area contributed by atoms with E-state index in [-0.39, 0.29) is 17.3 Å². The fraction of sp³-hybridized carbons (Fsp3) is 0.462. The molecule has 0 aromatic heterocycles. The van der Waals surface area contributed by atoms with Gasteiger partial charge in [0.25, 0.3) is 5.69 Å². The second-order valence-electron chi connectivity index (χ2n) is 4.72. The van der Waals surface area contributed by atoms with Gasteiger partial charge in [0.15, 0.2) is 0 Å². The Morgan fingerprint density at radius 1 is 1.45 bits per heavy atom. The molecule has 0 radical (unpaired) electrons. The molecule has 0 spiro atoms. The molecule has 1 aliphatic heterocycles. The van der Waals surface area contributed by atoms with Gasteiger partial charge in [-0.05, 0) is 25.0 Å². The predicted octanol–water partition coefficient (Wildman–Crippen LogP) is 1.91. The van der Waals surface area contributed by atoms with Crippen LogP contribution in [0.3, 0.4) is 0 Å². The van der Waals surface area contributed by atoms with Gasteiger partial charge in [0.05, 0.1) is 10.5 Å². The van der Waals surface area contributed by atoms with E-state index in [1.165, 1.54) is 12.1 Å². The van der Waals surface area contributed by atoms with E-state index in [0.717, 1.165) is 18.9 Å². The van der Waals surface area contributed by atoms with Crippen molar-refractivity contribution in [3.8, 4) is 0 Å². The zero-order chi connectivity index (χ0) is 14.7. The second kappa shape index (κ2) is 5.87. The summed E-state index contributed by atoms with van der Waals surface area (Å²) in [5.41, 5.74) is 0.173. The molecular weight excluding hydrogens is 264 g/mol. The third-order valence-electron chi connectivity index (χ3n) is 3.54. The zero-order valence-electron chi connectivity index (χ0n) is 11.1. The first-order chi connectivity index (χ1) is 9.50. The first-order valence-corrected chi connectivity index (χ1v) is 6.33. The number of anilines is 1. The number of carboxylic acids is 1. The minimum absolute atomic E-state index is 0.0826. The fourth-order valence-electron chi connectivity index (χ4n) is 2.37. The van der Waals surface area contributed by atoms with Crippen LogP contribution in [0.25, 0.3) is 0 Å². The Morgan fingerprint density at radius 3 is 2.65 bits per heavy atom. The largest absolute Gasteiger partial charge is 0.478 e. The Hall–Kier alpha value is -2.15. The van der Waals surface area contributed by atoms with E-state index in [2.05, 4.69) is 0 Å². The molecule has 0 unspecified atom stereocenters. The highest BCUT2D eigenvalue weighted by atomic mass is 16.6. The first kappa shape index (κ1) is 14.3. The van der Waals surface area contributed by atoms with Gasteiger partial charge in [-0.3, -0.25) is 10.1 Å². The molecule has 1 aromatic rings. The van der Waals surface area contributed by atoms with Crippen molar-refractivity contribution in [3.63, 3.8) is 0 Å². The van der Waals surface area contributed by atoms with Crippen LogP contribution in [0, 0.1) is 10.1 Å². The van der Waals surface area contributed by atoms with Crippen LogP contribution in [-0.2, 0) is 4.74 Å². The van der Waals surface area contributed by atoms with Crippen LogP contribution >= 0.6 is 0 Å². The number of nitrogens with zero attached hydrogens (tertiary/aromatic N) is 2. The zero-order valence-corrected chi connectivity index (χ0v) is 11.1. The van der Waals surface area contributed by atoms with E-state index in [1.807, 2.05) is 4.90 Å². The fourth-order valence-corrected chi connectivity index (χ4v) is 2.37. The highest BCUT2D eigenvalue weighted by molar-refractivity contribution is 5.89. The second-order valence-corrected chi connectivity index (χ2v) is 4.72. The van der Waals surface area contributed by atoms with Gasteiger partial charge in [-0.25, -0.2) is 4.79 Å². The Labute approximate surface area is 115 Å². The van der Waals surface area contributed by atoms with Crippen LogP contribution in [0.1, 0.15) is 23.2 Å². The van der Waals surface area contributed by atoms with Crippen molar-refractivity contribution in [1.82, 2.24) is 0 Å². The van der Waals surface area contributed by atoms with E-state index in [1.54, 1.807) is 7.05 Å². The molecule has 1 N–H and O–H groups in total. The number of nitro benzene ring substituents is 1. The average Bonchev–Trinajstić information content (AvgIpc) is 2.46. The van der Waals surface area contributed by atoms with Crippen LogP contribution in [0.5, 0.6) is 0 Å². The summed E-state index contributed by atoms with van der Waals surface area (Å²) in [5.74, 6) is -1.17. The highest BCUT2D eigenvalue weighted by Crippen LogP contribution is 2.31. The maximum Gasteiger partial charge on any atom is 0.335 e. The van der Waals surface area contributed by atoms with Crippen molar-refractivity contribution in [3.05, 3.63) is 33.9 Å². The van der Waals surface area contributed by atoms with Crippen LogP contribution in [0.2, 0.25) is 0 Å². The number of aromatic carboxylic acids is 1. The molecule has 0 atom stereocenters. The molecule has 2 rings (SSSR count). The molecule has 1 saturated heterocycles. The molecule has 108 valence electrons. The van der Waals surface area contributed by atoms with Gasteiger partial charge in [-0.2, -0.15) is 0 Å². The van der Waals surface area contributed by atoms with Crippen LogP contribution < -0.4 is 4.90 Å². The molecule has 7 heteroatoms. The Morgan fingerprint density at radius 2 is 2.10 bits per heavy atom. The van der Waals surface area contributed by atoms with E-state index in [9.17, 15) is 14.9 Å². The Bertz CT molecular complexity index is 525. The van der Waals surface area contributed by atoms with Crippen molar-refractivity contribution >= 4 is 17.3 Å². The number of nitro groups is 1. The van der Waals surface area contributed by atoms with E-state index >= 15 is 0 Å². The Kier molecular flexibility index (Phi) is 4.19. The molecule has 0 aliphatic carbocycles. The van der Waals surface area contributed by atoms with Crippen molar-refractivity contribution in [2.75, 3.05) is 25.2 Å². The smallest absolute Gasteiger partial charge is 0.335 e. The lowest BCUT2D eigenvalue weighted by molar-refractivity contribution is -0.384. The minimum atomic E-state index is -1.17. The number of rotatable bonds is 4. The molecule has 1 aliphatic rings. The molecule has 1 aromatic carbocycles. The summed E-state index contributed by atoms with van der Waals surface area (Å²) >= 11 is 0. The van der Waals surface area contributed by atoms with Crippen molar-refractivity contribution < 1.29 is 19.6 Å². The standard InChI is InChI=1S/C13H16N2O5/c1-14(10-4-6-20-7-5-10)11-3-2-9(13(16)17)8-12(11)15(18)19/h2-3,8,10H,4-7H2,1H3,(H,16,17). The molecule has 0 saturated carbocycles. The lowest BCUT2D eigenvalue weighted by Crippen LogP contribution is -2.37. The number of carbonyl (C=O) groups is 1. The highest BCUT2D eigenvalue weighted by Gasteiger charge is 2.25. The maximum absolute atomic E-state index is 11.1. The monoisotopic (exact) mass is 280 g/mol. The number of hydrogen-bond acceptors (Lipinski definition) is 5. The first-order valence-electron chi connectivity index (χ1n) is 6.33. The van der Waals surface area contributed by atoms with Gasteiger partial charge in [0.1, 0.15) is 5.69 Å². The number of ether oxygens (including phenoxy) is 1. The summed E-state index contributed by atoms with van der Waals surface area (Å²) < 4.78 is 5.28. The summed E-state index contributed by atoms with van der Waals surface area (Å²) in [4.78, 5) is 23.3. The summed E-state index contributed by atoms with van der Waals surface area (Å²) in [6.45, 7) is 1.27. The van der Waals surface area contributed by atoms with Crippen molar-refractivity contribution in [1.29, 1.82) is 0 Å². The van der Waals surface area contributed by atoms with E-state index < -0.39 is 10.9 Å². The number of hydrogen-bond donors (Lipinski definition) is 1. The van der Waals surface area contributed by atoms with Gasteiger partial charge in [0, 0.05) is 32.4 Å². The summed E-state index contributed by atoms with van der Waals surface area (Å²) in [7, 11) is 1.79. The SMILES string of the molecule is CN(c1ccc(C(=O)O)cc1[N+](=O)[O-])C1CCOCC1. The number of benzene rings is 1. The molecule has 0 amide bonds. The van der Waals surface area contributed by atoms with Crippen molar-refractivity contribution in [2.45, 2.75) is 18.9 Å².